The molecule has 6 nitrogen and oxygen atoms in total. The topological polar surface area (TPSA) is 69.0 Å². The van der Waals surface area contributed by atoms with Crippen molar-refractivity contribution in [1.29, 1.82) is 0 Å². The number of carbonyl (C=O) groups is 1. The van der Waals surface area contributed by atoms with Gasteiger partial charge < -0.3 is 18.8 Å². The van der Waals surface area contributed by atoms with E-state index in [0.29, 0.717) is 41.2 Å². The molecule has 6 heteroatoms. The van der Waals surface area contributed by atoms with Crippen LogP contribution in [0, 0.1) is 13.8 Å². The Hall–Kier alpha value is -4.06. The molecular weight excluding hydrogens is 466 g/mol. The van der Waals surface area contributed by atoms with Crippen LogP contribution in [-0.4, -0.2) is 24.5 Å². The van der Waals surface area contributed by atoms with Gasteiger partial charge in [-0.2, -0.15) is 0 Å². The number of ether oxygens (including phenoxy) is 2. The summed E-state index contributed by atoms with van der Waals surface area (Å²) < 4.78 is 17.7. The first-order valence-electron chi connectivity index (χ1n) is 12.7. The highest BCUT2D eigenvalue weighted by atomic mass is 16.5. The Kier molecular flexibility index (Phi) is 6.74. The van der Waals surface area contributed by atoms with E-state index in [9.17, 15) is 9.59 Å². The molecule has 37 heavy (non-hydrogen) atoms. The van der Waals surface area contributed by atoms with Crippen LogP contribution in [0.15, 0.2) is 69.9 Å². The molecule has 1 aliphatic heterocycles. The van der Waals surface area contributed by atoms with E-state index in [1.54, 1.807) is 18.1 Å². The SMILES string of the molecule is CCCCOc1ccc(C2c3c(oc4ccc(C)cc4c3=O)C(=O)N2Cc2ccc(C)cc2)cc1OC. The van der Waals surface area contributed by atoms with Gasteiger partial charge >= 0.3 is 0 Å². The van der Waals surface area contributed by atoms with Crippen molar-refractivity contribution in [1.82, 2.24) is 4.90 Å². The fraction of sp³-hybridized carbons (Fsp3) is 0.290. The molecule has 0 spiro atoms. The minimum atomic E-state index is -0.622. The third-order valence-corrected chi connectivity index (χ3v) is 6.85. The molecule has 0 radical (unpaired) electrons. The summed E-state index contributed by atoms with van der Waals surface area (Å²) in [4.78, 5) is 29.3. The first-order valence-corrected chi connectivity index (χ1v) is 12.7. The van der Waals surface area contributed by atoms with Crippen molar-refractivity contribution in [3.8, 4) is 11.5 Å². The maximum absolute atomic E-state index is 13.8. The minimum absolute atomic E-state index is 0.0979. The van der Waals surface area contributed by atoms with E-state index in [1.165, 1.54) is 0 Å². The van der Waals surface area contributed by atoms with Crippen LogP contribution in [0.3, 0.4) is 0 Å². The number of nitrogens with zero attached hydrogens (tertiary/aromatic N) is 1. The molecule has 1 amide bonds. The Labute approximate surface area is 216 Å². The predicted octanol–water partition coefficient (Wildman–Crippen LogP) is 6.34. The summed E-state index contributed by atoms with van der Waals surface area (Å²) >= 11 is 0. The van der Waals surface area contributed by atoms with Gasteiger partial charge in [-0.3, -0.25) is 9.59 Å². The Bertz CT molecular complexity index is 1520. The highest BCUT2D eigenvalue weighted by molar-refractivity contribution is 5.99. The number of aryl methyl sites for hydroxylation is 2. The van der Waals surface area contributed by atoms with Crippen molar-refractivity contribution in [2.24, 2.45) is 0 Å². The van der Waals surface area contributed by atoms with Crippen LogP contribution in [0.1, 0.15) is 64.2 Å². The largest absolute Gasteiger partial charge is 0.493 e. The minimum Gasteiger partial charge on any atom is -0.493 e. The molecule has 2 heterocycles. The molecule has 4 aromatic rings. The predicted molar refractivity (Wildman–Crippen MR) is 144 cm³/mol. The summed E-state index contributed by atoms with van der Waals surface area (Å²) in [5.74, 6) is 0.990. The number of hydrogen-bond donors (Lipinski definition) is 0. The van der Waals surface area contributed by atoms with Crippen LogP contribution >= 0.6 is 0 Å². The number of hydrogen-bond acceptors (Lipinski definition) is 5. The molecule has 0 N–H and O–H groups in total. The number of rotatable bonds is 8. The molecular formula is C31H31NO5. The number of benzene rings is 3. The van der Waals surface area contributed by atoms with Crippen LogP contribution in [0.2, 0.25) is 0 Å². The second kappa shape index (κ2) is 10.1. The van der Waals surface area contributed by atoms with Crippen molar-refractivity contribution in [2.75, 3.05) is 13.7 Å². The lowest BCUT2D eigenvalue weighted by atomic mass is 9.97. The quantitative estimate of drug-likeness (QED) is 0.266. The summed E-state index contributed by atoms with van der Waals surface area (Å²) in [6, 6.07) is 18.5. The van der Waals surface area contributed by atoms with E-state index in [0.717, 1.165) is 35.1 Å². The number of amides is 1. The smallest absolute Gasteiger partial charge is 0.291 e. The average Bonchev–Trinajstić information content (AvgIpc) is 3.17. The van der Waals surface area contributed by atoms with Gasteiger partial charge in [0.2, 0.25) is 5.76 Å². The van der Waals surface area contributed by atoms with Gasteiger partial charge in [0.15, 0.2) is 16.9 Å². The first kappa shape index (κ1) is 24.6. The second-order valence-electron chi connectivity index (χ2n) is 9.61. The lowest BCUT2D eigenvalue weighted by Gasteiger charge is -2.26. The van der Waals surface area contributed by atoms with Crippen LogP contribution in [0.4, 0.5) is 0 Å². The zero-order valence-corrected chi connectivity index (χ0v) is 21.7. The van der Waals surface area contributed by atoms with Gasteiger partial charge in [0.25, 0.3) is 5.91 Å². The zero-order chi connectivity index (χ0) is 26.1. The van der Waals surface area contributed by atoms with E-state index >= 15 is 0 Å². The van der Waals surface area contributed by atoms with Crippen molar-refractivity contribution >= 4 is 16.9 Å². The molecule has 1 unspecified atom stereocenters. The lowest BCUT2D eigenvalue weighted by molar-refractivity contribution is 0.0714. The number of carbonyl (C=O) groups excluding carboxylic acids is 1. The Morgan fingerprint density at radius 2 is 1.68 bits per heavy atom. The van der Waals surface area contributed by atoms with Gasteiger partial charge in [0.05, 0.1) is 30.7 Å². The van der Waals surface area contributed by atoms with Crippen molar-refractivity contribution in [3.05, 3.63) is 104 Å². The third kappa shape index (κ3) is 4.59. The fourth-order valence-electron chi connectivity index (χ4n) is 4.83. The van der Waals surface area contributed by atoms with Crippen LogP contribution in [0.5, 0.6) is 11.5 Å². The number of fused-ring (bicyclic) bond motifs is 2. The normalized spacial score (nSPS) is 14.8. The molecule has 0 saturated heterocycles. The third-order valence-electron chi connectivity index (χ3n) is 6.85. The van der Waals surface area contributed by atoms with Gasteiger partial charge in [0, 0.05) is 6.54 Å². The number of unbranched alkanes of at least 4 members (excludes halogenated alkanes) is 1. The van der Waals surface area contributed by atoms with Crippen molar-refractivity contribution in [2.45, 2.75) is 46.2 Å². The van der Waals surface area contributed by atoms with Gasteiger partial charge in [-0.15, -0.1) is 0 Å². The van der Waals surface area contributed by atoms with Gasteiger partial charge in [0.1, 0.15) is 5.58 Å². The van der Waals surface area contributed by atoms with Crippen molar-refractivity contribution in [3.63, 3.8) is 0 Å². The summed E-state index contributed by atoms with van der Waals surface area (Å²) in [7, 11) is 1.59. The fourth-order valence-corrected chi connectivity index (χ4v) is 4.83. The van der Waals surface area contributed by atoms with Crippen LogP contribution < -0.4 is 14.9 Å². The molecule has 1 aromatic heterocycles. The Balaban J connectivity index is 1.66. The average molecular weight is 498 g/mol. The van der Waals surface area contributed by atoms with Gasteiger partial charge in [-0.05, 0) is 55.7 Å². The van der Waals surface area contributed by atoms with Gasteiger partial charge in [-0.25, -0.2) is 0 Å². The maximum Gasteiger partial charge on any atom is 0.291 e. The molecule has 3 aromatic carbocycles. The summed E-state index contributed by atoms with van der Waals surface area (Å²) in [6.07, 6.45) is 1.96. The zero-order valence-electron chi connectivity index (χ0n) is 21.7. The molecule has 0 saturated carbocycles. The molecule has 1 atom stereocenters. The second-order valence-corrected chi connectivity index (χ2v) is 9.61. The maximum atomic E-state index is 13.8. The number of methoxy groups -OCH3 is 1. The highest BCUT2D eigenvalue weighted by Gasteiger charge is 2.43. The van der Waals surface area contributed by atoms with Crippen LogP contribution in [-0.2, 0) is 6.54 Å². The Morgan fingerprint density at radius 1 is 0.919 bits per heavy atom. The molecule has 5 rings (SSSR count). The summed E-state index contributed by atoms with van der Waals surface area (Å²) in [6.45, 7) is 6.99. The van der Waals surface area contributed by atoms with E-state index < -0.39 is 6.04 Å². The van der Waals surface area contributed by atoms with E-state index in [4.69, 9.17) is 13.9 Å². The first-order chi connectivity index (χ1) is 17.9. The molecule has 1 aliphatic rings. The van der Waals surface area contributed by atoms with Gasteiger partial charge in [-0.1, -0.05) is 60.9 Å². The summed E-state index contributed by atoms with van der Waals surface area (Å²) in [5, 5.41) is 0.472. The van der Waals surface area contributed by atoms with E-state index in [-0.39, 0.29) is 17.1 Å². The van der Waals surface area contributed by atoms with E-state index in [2.05, 4.69) is 6.92 Å². The molecule has 0 fully saturated rings. The molecule has 0 aliphatic carbocycles. The Morgan fingerprint density at radius 3 is 2.41 bits per heavy atom. The highest BCUT2D eigenvalue weighted by Crippen LogP contribution is 2.41. The molecule has 190 valence electrons. The van der Waals surface area contributed by atoms with Crippen LogP contribution in [0.25, 0.3) is 11.0 Å². The summed E-state index contributed by atoms with van der Waals surface area (Å²) in [5.41, 5.74) is 4.40. The lowest BCUT2D eigenvalue weighted by Crippen LogP contribution is -2.29. The van der Waals surface area contributed by atoms with Crippen molar-refractivity contribution < 1.29 is 18.7 Å². The molecule has 0 bridgehead atoms. The van der Waals surface area contributed by atoms with E-state index in [1.807, 2.05) is 68.4 Å². The monoisotopic (exact) mass is 497 g/mol. The standard InChI is InChI=1S/C31H31NO5/c1-5-6-15-36-25-14-12-22(17-26(25)35-4)28-27-29(33)23-16-20(3)9-13-24(23)37-30(27)31(34)32(28)18-21-10-7-19(2)8-11-21/h7-14,16-17,28H,5-6,15,18H2,1-4H3.